The number of piperazine rings is 1. The lowest BCUT2D eigenvalue weighted by atomic mass is 9.96. The number of halogens is 3. The molecule has 39 heavy (non-hydrogen) atoms. The van der Waals surface area contributed by atoms with Gasteiger partial charge in [0.15, 0.2) is 5.69 Å². The van der Waals surface area contributed by atoms with Crippen LogP contribution in [-0.2, 0) is 6.18 Å². The second kappa shape index (κ2) is 10.1. The van der Waals surface area contributed by atoms with Crippen molar-refractivity contribution in [2.45, 2.75) is 50.0 Å². The summed E-state index contributed by atoms with van der Waals surface area (Å²) in [5.74, 6) is -0.792. The minimum Gasteiger partial charge on any atom is -0.490 e. The third-order valence-electron chi connectivity index (χ3n) is 7.68. The lowest BCUT2D eigenvalue weighted by Gasteiger charge is -2.42. The Kier molecular flexibility index (Phi) is 6.63. The highest BCUT2D eigenvalue weighted by Crippen LogP contribution is 2.48. The largest absolute Gasteiger partial charge is 0.490 e. The molecule has 0 spiro atoms. The number of nitrogens with two attached hydrogens (primary N) is 1. The van der Waals surface area contributed by atoms with Crippen LogP contribution >= 0.6 is 0 Å². The molecule has 3 N–H and O–H groups in total. The van der Waals surface area contributed by atoms with E-state index in [-0.39, 0.29) is 46.9 Å². The molecule has 0 bridgehead atoms. The van der Waals surface area contributed by atoms with Crippen LogP contribution in [0.1, 0.15) is 41.7 Å². The van der Waals surface area contributed by atoms with Crippen LogP contribution in [0.2, 0.25) is 0 Å². The Labute approximate surface area is 222 Å². The smallest absolute Gasteiger partial charge is 0.422 e. The van der Waals surface area contributed by atoms with E-state index in [1.807, 2.05) is 0 Å². The summed E-state index contributed by atoms with van der Waals surface area (Å²) in [6.45, 7) is 2.06. The summed E-state index contributed by atoms with van der Waals surface area (Å²) in [4.78, 5) is 21.3. The van der Waals surface area contributed by atoms with Gasteiger partial charge in [0.25, 0.3) is 5.91 Å². The van der Waals surface area contributed by atoms with E-state index < -0.39 is 17.6 Å². The molecule has 1 aromatic carbocycles. The predicted molar refractivity (Wildman–Crippen MR) is 135 cm³/mol. The fraction of sp³-hybridized carbons (Fsp3) is 0.462. The zero-order valence-electron chi connectivity index (χ0n) is 21.0. The van der Waals surface area contributed by atoms with Crippen molar-refractivity contribution in [3.8, 4) is 17.2 Å². The van der Waals surface area contributed by atoms with Gasteiger partial charge in [0, 0.05) is 38.3 Å². The molecule has 2 saturated heterocycles. The van der Waals surface area contributed by atoms with Crippen molar-refractivity contribution in [2.24, 2.45) is 5.73 Å². The quantitative estimate of drug-likeness (QED) is 0.481. The fourth-order valence-corrected chi connectivity index (χ4v) is 5.40. The Morgan fingerprint density at radius 3 is 2.69 bits per heavy atom. The second-order valence-electron chi connectivity index (χ2n) is 10.1. The van der Waals surface area contributed by atoms with Gasteiger partial charge in [-0.25, -0.2) is 4.98 Å². The number of nitrogens with one attached hydrogen (secondary N) is 1. The number of carbonyl (C=O) groups excluding carboxylic acids is 1. The van der Waals surface area contributed by atoms with E-state index in [1.165, 1.54) is 24.5 Å². The summed E-state index contributed by atoms with van der Waals surface area (Å²) in [6, 6.07) is 4.15. The molecule has 1 saturated carbocycles. The first-order valence-electron chi connectivity index (χ1n) is 13.0. The Balaban J connectivity index is 1.37. The van der Waals surface area contributed by atoms with Crippen molar-refractivity contribution in [3.63, 3.8) is 0 Å². The standard InChI is InChI=1S/C26H28F3N7O3/c27-26(28,29)22-21(39-16-2-1-3-16)5-4-18(23(22)36-11-10-35-9-7-17(30)20(35)13-36)33-24(37)19-14-38-25(34-19)15-6-8-31-32-12-15/h4-6,8,12,14,16-17,20H,1-3,7,9-11,13,30H2,(H,33,37)/t17-,20+/m1/s1. The third-order valence-corrected chi connectivity index (χ3v) is 7.68. The fourth-order valence-electron chi connectivity index (χ4n) is 5.40. The average molecular weight is 544 g/mol. The van der Waals surface area contributed by atoms with Crippen molar-refractivity contribution in [1.29, 1.82) is 0 Å². The summed E-state index contributed by atoms with van der Waals surface area (Å²) in [5, 5.41) is 10.1. The van der Waals surface area contributed by atoms with Crippen LogP contribution in [-0.4, -0.2) is 70.4 Å². The highest BCUT2D eigenvalue weighted by atomic mass is 19.4. The normalized spacial score (nSPS) is 21.9. The van der Waals surface area contributed by atoms with Gasteiger partial charge in [-0.15, -0.1) is 0 Å². The SMILES string of the molecule is N[C@@H]1CCN2CCN(c3c(NC(=O)c4coc(-c5ccnnc5)n4)ccc(OC4CCC4)c3C(F)(F)F)C[C@@H]12. The van der Waals surface area contributed by atoms with Gasteiger partial charge in [0.1, 0.15) is 17.6 Å². The number of benzene rings is 1. The molecule has 0 unspecified atom stereocenters. The van der Waals surface area contributed by atoms with Gasteiger partial charge >= 0.3 is 6.18 Å². The summed E-state index contributed by atoms with van der Waals surface area (Å²) >= 11 is 0. The van der Waals surface area contributed by atoms with Crippen LogP contribution in [0.25, 0.3) is 11.5 Å². The Morgan fingerprint density at radius 2 is 1.97 bits per heavy atom. The van der Waals surface area contributed by atoms with Gasteiger partial charge in [-0.2, -0.15) is 23.4 Å². The number of aromatic nitrogens is 3. The number of oxazole rings is 1. The van der Waals surface area contributed by atoms with Crippen molar-refractivity contribution in [1.82, 2.24) is 20.1 Å². The molecule has 1 amide bonds. The summed E-state index contributed by atoms with van der Waals surface area (Å²) in [5.41, 5.74) is 5.74. The van der Waals surface area contributed by atoms with Gasteiger partial charge in [0.2, 0.25) is 5.89 Å². The molecule has 0 radical (unpaired) electrons. The summed E-state index contributed by atoms with van der Waals surface area (Å²) in [6.07, 6.45) is 2.19. The number of nitrogens with zero attached hydrogens (tertiary/aromatic N) is 5. The van der Waals surface area contributed by atoms with Crippen LogP contribution in [0.5, 0.6) is 5.75 Å². The van der Waals surface area contributed by atoms with E-state index in [2.05, 4.69) is 25.4 Å². The van der Waals surface area contributed by atoms with Gasteiger partial charge in [-0.1, -0.05) is 0 Å². The number of rotatable bonds is 6. The van der Waals surface area contributed by atoms with E-state index >= 15 is 0 Å². The molecule has 13 heteroatoms. The van der Waals surface area contributed by atoms with Gasteiger partial charge in [-0.3, -0.25) is 9.69 Å². The summed E-state index contributed by atoms with van der Waals surface area (Å²) in [7, 11) is 0. The van der Waals surface area contributed by atoms with Crippen LogP contribution in [0.4, 0.5) is 24.5 Å². The predicted octanol–water partition coefficient (Wildman–Crippen LogP) is 3.56. The monoisotopic (exact) mass is 543 g/mol. The van der Waals surface area contributed by atoms with E-state index in [4.69, 9.17) is 14.9 Å². The molecule has 3 fully saturated rings. The minimum absolute atomic E-state index is 0.0171. The molecule has 3 aliphatic rings. The van der Waals surface area contributed by atoms with Crippen molar-refractivity contribution in [3.05, 3.63) is 48.1 Å². The van der Waals surface area contributed by atoms with Crippen LogP contribution in [0, 0.1) is 0 Å². The number of amides is 1. The molecule has 10 nitrogen and oxygen atoms in total. The maximum atomic E-state index is 14.7. The van der Waals surface area contributed by atoms with Crippen LogP contribution in [0.3, 0.4) is 0 Å². The number of hydrogen-bond donors (Lipinski definition) is 2. The number of fused-ring (bicyclic) bond motifs is 1. The molecular weight excluding hydrogens is 515 g/mol. The maximum absolute atomic E-state index is 14.7. The molecule has 3 aromatic rings. The Morgan fingerprint density at radius 1 is 1.13 bits per heavy atom. The molecule has 6 rings (SSSR count). The van der Waals surface area contributed by atoms with Crippen molar-refractivity contribution >= 4 is 17.3 Å². The van der Waals surface area contributed by atoms with E-state index in [0.29, 0.717) is 38.0 Å². The molecule has 1 aliphatic carbocycles. The van der Waals surface area contributed by atoms with Crippen molar-refractivity contribution in [2.75, 3.05) is 36.4 Å². The Bertz CT molecular complexity index is 1350. The van der Waals surface area contributed by atoms with Gasteiger partial charge < -0.3 is 25.1 Å². The number of anilines is 2. The molecule has 2 aromatic heterocycles. The molecule has 2 aliphatic heterocycles. The third kappa shape index (κ3) is 5.03. The number of alkyl halides is 3. The average Bonchev–Trinajstić information content (AvgIpc) is 3.54. The second-order valence-corrected chi connectivity index (χ2v) is 10.1. The van der Waals surface area contributed by atoms with Gasteiger partial charge in [-0.05, 0) is 43.9 Å². The van der Waals surface area contributed by atoms with E-state index in [9.17, 15) is 18.0 Å². The van der Waals surface area contributed by atoms with Gasteiger partial charge in [0.05, 0.1) is 35.4 Å². The lowest BCUT2D eigenvalue weighted by molar-refractivity contribution is -0.139. The topological polar surface area (TPSA) is 123 Å². The maximum Gasteiger partial charge on any atom is 0.422 e. The highest BCUT2D eigenvalue weighted by molar-refractivity contribution is 6.05. The molecular formula is C26H28F3N7O3. The molecule has 4 heterocycles. The summed E-state index contributed by atoms with van der Waals surface area (Å²) < 4.78 is 55.4. The van der Waals surface area contributed by atoms with E-state index in [1.54, 1.807) is 11.0 Å². The highest BCUT2D eigenvalue weighted by Gasteiger charge is 2.44. The van der Waals surface area contributed by atoms with Crippen LogP contribution < -0.4 is 20.7 Å². The first-order valence-corrected chi connectivity index (χ1v) is 13.0. The first kappa shape index (κ1) is 25.6. The number of carbonyl (C=O) groups is 1. The van der Waals surface area contributed by atoms with E-state index in [0.717, 1.165) is 25.6 Å². The molecule has 2 atom stereocenters. The lowest BCUT2D eigenvalue weighted by Crippen LogP contribution is -2.55. The van der Waals surface area contributed by atoms with Crippen LogP contribution in [0.15, 0.2) is 41.3 Å². The Hall–Kier alpha value is -3.71. The molecule has 206 valence electrons. The number of hydrogen-bond acceptors (Lipinski definition) is 9. The zero-order chi connectivity index (χ0) is 27.1. The minimum atomic E-state index is -4.72. The van der Waals surface area contributed by atoms with Crippen molar-refractivity contribution < 1.29 is 27.1 Å². The number of ether oxygens (including phenoxy) is 1. The first-order chi connectivity index (χ1) is 18.8. The zero-order valence-corrected chi connectivity index (χ0v) is 21.0.